The fourth-order valence-corrected chi connectivity index (χ4v) is 3.07. The van der Waals surface area contributed by atoms with Crippen LogP contribution in [0.1, 0.15) is 71.8 Å². The molecule has 1 fully saturated rings. The van der Waals surface area contributed by atoms with Gasteiger partial charge in [-0.05, 0) is 58.1 Å². The molecule has 0 bridgehead atoms. The number of hydrogen-bond donors (Lipinski definition) is 3. The number of benzene rings is 1. The number of rotatable bonds is 6. The Labute approximate surface area is 157 Å². The highest BCUT2D eigenvalue weighted by atomic mass is 16.5. The van der Waals surface area contributed by atoms with Crippen molar-refractivity contribution in [1.29, 1.82) is 5.26 Å². The Morgan fingerprint density at radius 3 is 2.31 bits per heavy atom. The summed E-state index contributed by atoms with van der Waals surface area (Å²) < 4.78 is 5.72. The summed E-state index contributed by atoms with van der Waals surface area (Å²) in [5.41, 5.74) is -0.179. The summed E-state index contributed by atoms with van der Waals surface area (Å²) in [6.45, 7) is 6.78. The Kier molecular flexibility index (Phi) is 6.73. The maximum Gasteiger partial charge on any atom is 0.491 e. The summed E-state index contributed by atoms with van der Waals surface area (Å²) in [5.74, 6) is 0. The normalized spacial score (nSPS) is 16.7. The van der Waals surface area contributed by atoms with E-state index in [4.69, 9.17) is 4.65 Å². The highest BCUT2D eigenvalue weighted by Gasteiger charge is 2.39. The van der Waals surface area contributed by atoms with Crippen LogP contribution in [0.4, 0.5) is 5.69 Å². The first-order valence-electron chi connectivity index (χ1n) is 9.53. The Morgan fingerprint density at radius 1 is 1.15 bits per heavy atom. The SMILES string of the molecule is CC(C)(O)C(C)(C)OB(O)c1ccc(C#N)c(NC2CCCCCC2)c1. The van der Waals surface area contributed by atoms with Crippen LogP contribution in [0.15, 0.2) is 18.2 Å². The average molecular weight is 358 g/mol. The van der Waals surface area contributed by atoms with Crippen LogP contribution in [-0.4, -0.2) is 34.5 Å². The largest absolute Gasteiger partial charge is 0.491 e. The monoisotopic (exact) mass is 358 g/mol. The molecule has 0 heterocycles. The molecule has 0 radical (unpaired) electrons. The average Bonchev–Trinajstić information content (AvgIpc) is 2.82. The second-order valence-corrected chi connectivity index (χ2v) is 8.29. The predicted molar refractivity (Wildman–Crippen MR) is 105 cm³/mol. The molecule has 0 aliphatic heterocycles. The van der Waals surface area contributed by atoms with E-state index in [0.29, 0.717) is 17.1 Å². The van der Waals surface area contributed by atoms with Gasteiger partial charge in [-0.25, -0.2) is 0 Å². The lowest BCUT2D eigenvalue weighted by atomic mass is 9.76. The van der Waals surface area contributed by atoms with Crippen LogP contribution in [0.5, 0.6) is 0 Å². The molecule has 3 N–H and O–H groups in total. The smallest absolute Gasteiger partial charge is 0.423 e. The van der Waals surface area contributed by atoms with Crippen LogP contribution in [0.25, 0.3) is 0 Å². The van der Waals surface area contributed by atoms with Crippen molar-refractivity contribution < 1.29 is 14.8 Å². The van der Waals surface area contributed by atoms with Gasteiger partial charge < -0.3 is 20.1 Å². The second kappa shape index (κ2) is 8.43. The number of aliphatic hydroxyl groups is 1. The van der Waals surface area contributed by atoms with Crippen molar-refractivity contribution in [2.45, 2.75) is 83.5 Å². The second-order valence-electron chi connectivity index (χ2n) is 8.29. The van der Waals surface area contributed by atoms with Crippen molar-refractivity contribution in [1.82, 2.24) is 0 Å². The summed E-state index contributed by atoms with van der Waals surface area (Å²) in [4.78, 5) is 0. The van der Waals surface area contributed by atoms with Gasteiger partial charge in [-0.2, -0.15) is 5.26 Å². The molecule has 1 aliphatic carbocycles. The molecule has 0 amide bonds. The fourth-order valence-electron chi connectivity index (χ4n) is 3.07. The van der Waals surface area contributed by atoms with Crippen molar-refractivity contribution in [3.8, 4) is 6.07 Å². The minimum absolute atomic E-state index is 0.353. The van der Waals surface area contributed by atoms with Crippen LogP contribution in [-0.2, 0) is 4.65 Å². The molecule has 1 aromatic carbocycles. The molecule has 26 heavy (non-hydrogen) atoms. The Morgan fingerprint density at radius 2 is 1.77 bits per heavy atom. The summed E-state index contributed by atoms with van der Waals surface area (Å²) in [6, 6.07) is 7.76. The van der Waals surface area contributed by atoms with Crippen LogP contribution in [0.3, 0.4) is 0 Å². The molecule has 5 nitrogen and oxygen atoms in total. The number of anilines is 1. The van der Waals surface area contributed by atoms with Gasteiger partial charge in [0.15, 0.2) is 0 Å². The van der Waals surface area contributed by atoms with Gasteiger partial charge >= 0.3 is 7.12 Å². The number of hydrogen-bond acceptors (Lipinski definition) is 5. The predicted octanol–water partition coefficient (Wildman–Crippen LogP) is 2.95. The molecule has 1 aromatic rings. The number of nitrogens with one attached hydrogen (secondary N) is 1. The summed E-state index contributed by atoms with van der Waals surface area (Å²) in [7, 11) is -1.18. The molecule has 0 saturated heterocycles. The fraction of sp³-hybridized carbons (Fsp3) is 0.650. The van der Waals surface area contributed by atoms with Gasteiger partial charge in [0.2, 0.25) is 0 Å². The van der Waals surface area contributed by atoms with E-state index in [-0.39, 0.29) is 0 Å². The van der Waals surface area contributed by atoms with E-state index < -0.39 is 18.3 Å². The van der Waals surface area contributed by atoms with E-state index in [0.717, 1.165) is 18.5 Å². The van der Waals surface area contributed by atoms with Crippen molar-refractivity contribution in [2.24, 2.45) is 0 Å². The quantitative estimate of drug-likeness (QED) is 0.538. The molecule has 142 valence electrons. The molecule has 0 aromatic heterocycles. The third-order valence-electron chi connectivity index (χ3n) is 5.54. The number of nitriles is 1. The van der Waals surface area contributed by atoms with Crippen molar-refractivity contribution in [2.75, 3.05) is 5.32 Å². The minimum atomic E-state index is -1.18. The minimum Gasteiger partial charge on any atom is -0.423 e. The van der Waals surface area contributed by atoms with Crippen LogP contribution in [0.2, 0.25) is 0 Å². The molecule has 6 heteroatoms. The third kappa shape index (κ3) is 5.23. The van der Waals surface area contributed by atoms with Crippen molar-refractivity contribution in [3.63, 3.8) is 0 Å². The lowest BCUT2D eigenvalue weighted by molar-refractivity contribution is -0.0982. The summed E-state index contributed by atoms with van der Waals surface area (Å²) in [5, 5.41) is 33.6. The van der Waals surface area contributed by atoms with Gasteiger partial charge in [0.05, 0.1) is 22.5 Å². The molecule has 1 aliphatic rings. The van der Waals surface area contributed by atoms with Gasteiger partial charge in [-0.1, -0.05) is 31.7 Å². The van der Waals surface area contributed by atoms with Gasteiger partial charge in [0.1, 0.15) is 6.07 Å². The van der Waals surface area contributed by atoms with Gasteiger partial charge in [-0.15, -0.1) is 0 Å². The van der Waals surface area contributed by atoms with Crippen LogP contribution in [0, 0.1) is 11.3 Å². The molecular formula is C20H31BN2O3. The lowest BCUT2D eigenvalue weighted by Crippen LogP contribution is -2.53. The molecule has 2 rings (SSSR count). The highest BCUT2D eigenvalue weighted by molar-refractivity contribution is 6.60. The maximum atomic E-state index is 10.5. The van der Waals surface area contributed by atoms with Crippen molar-refractivity contribution in [3.05, 3.63) is 23.8 Å². The van der Waals surface area contributed by atoms with Crippen molar-refractivity contribution >= 4 is 18.3 Å². The van der Waals surface area contributed by atoms with Crippen LogP contribution >= 0.6 is 0 Å². The molecule has 0 atom stereocenters. The van der Waals surface area contributed by atoms with E-state index in [2.05, 4.69) is 11.4 Å². The van der Waals surface area contributed by atoms with Crippen LogP contribution < -0.4 is 10.8 Å². The van der Waals surface area contributed by atoms with Gasteiger partial charge in [0, 0.05) is 6.04 Å². The standard InChI is InChI=1S/C20H31BN2O3/c1-19(2,24)20(3,4)26-21(25)16-12-11-15(14-22)18(13-16)23-17-9-7-5-6-8-10-17/h11-13,17,23-25H,5-10H2,1-4H3. The summed E-state index contributed by atoms with van der Waals surface area (Å²) >= 11 is 0. The van der Waals surface area contributed by atoms with E-state index in [1.807, 2.05) is 0 Å². The van der Waals surface area contributed by atoms with E-state index in [1.165, 1.54) is 25.7 Å². The molecule has 0 unspecified atom stereocenters. The highest BCUT2D eigenvalue weighted by Crippen LogP contribution is 2.26. The molecular weight excluding hydrogens is 327 g/mol. The van der Waals surface area contributed by atoms with E-state index in [1.54, 1.807) is 45.9 Å². The van der Waals surface area contributed by atoms with Gasteiger partial charge in [0.25, 0.3) is 0 Å². The first-order chi connectivity index (χ1) is 12.1. The zero-order valence-corrected chi connectivity index (χ0v) is 16.4. The third-order valence-corrected chi connectivity index (χ3v) is 5.54. The first-order valence-corrected chi connectivity index (χ1v) is 9.53. The van der Waals surface area contributed by atoms with E-state index >= 15 is 0 Å². The molecule has 0 spiro atoms. The van der Waals surface area contributed by atoms with E-state index in [9.17, 15) is 15.4 Å². The molecule has 1 saturated carbocycles. The zero-order chi connectivity index (χ0) is 19.4. The Bertz CT molecular complexity index is 641. The Hall–Kier alpha value is -1.55. The first kappa shape index (κ1) is 20.8. The maximum absolute atomic E-state index is 10.5. The lowest BCUT2D eigenvalue weighted by Gasteiger charge is -2.38. The number of nitrogens with zero attached hydrogens (tertiary/aromatic N) is 1. The topological polar surface area (TPSA) is 85.5 Å². The summed E-state index contributed by atoms with van der Waals surface area (Å²) in [6.07, 6.45) is 7.12. The van der Waals surface area contributed by atoms with Gasteiger partial charge in [-0.3, -0.25) is 0 Å². The zero-order valence-electron chi connectivity index (χ0n) is 16.4. The Balaban J connectivity index is 2.18.